The van der Waals surface area contributed by atoms with E-state index in [1.165, 1.54) is 11.3 Å². The second-order valence-electron chi connectivity index (χ2n) is 6.47. The SMILES string of the molecule is COc1ccc(N/C=C(\C#N)c2nc(-c3ccccc3)c(-c3ccccc3)s2)cc1. The fraction of sp³-hybridized carbons (Fsp3) is 0.0400. The van der Waals surface area contributed by atoms with Gasteiger partial charge < -0.3 is 10.1 Å². The zero-order valence-electron chi connectivity index (χ0n) is 16.4. The Morgan fingerprint density at radius 1 is 0.933 bits per heavy atom. The third-order valence-electron chi connectivity index (χ3n) is 4.53. The first-order chi connectivity index (χ1) is 14.8. The lowest BCUT2D eigenvalue weighted by molar-refractivity contribution is 0.415. The number of aromatic nitrogens is 1. The molecule has 1 N–H and O–H groups in total. The molecule has 5 heteroatoms. The van der Waals surface area contributed by atoms with Gasteiger partial charge in [0.2, 0.25) is 0 Å². The van der Waals surface area contributed by atoms with Gasteiger partial charge in [0.25, 0.3) is 0 Å². The van der Waals surface area contributed by atoms with E-state index in [0.717, 1.165) is 33.1 Å². The first-order valence-corrected chi connectivity index (χ1v) is 10.2. The Hall–Kier alpha value is -3.88. The summed E-state index contributed by atoms with van der Waals surface area (Å²) in [4.78, 5) is 5.88. The number of nitriles is 1. The lowest BCUT2D eigenvalue weighted by Gasteiger charge is -2.03. The highest BCUT2D eigenvalue weighted by atomic mass is 32.1. The van der Waals surface area contributed by atoms with Crippen molar-refractivity contribution in [3.05, 3.63) is 96.1 Å². The average Bonchev–Trinajstić information content (AvgIpc) is 3.26. The van der Waals surface area contributed by atoms with Gasteiger partial charge in [-0.3, -0.25) is 0 Å². The van der Waals surface area contributed by atoms with Gasteiger partial charge in [-0.05, 0) is 29.8 Å². The summed E-state index contributed by atoms with van der Waals surface area (Å²) in [6, 6.07) is 30.0. The summed E-state index contributed by atoms with van der Waals surface area (Å²) >= 11 is 1.52. The number of nitrogens with one attached hydrogen (secondary N) is 1. The average molecular weight is 410 g/mol. The van der Waals surface area contributed by atoms with E-state index in [-0.39, 0.29) is 0 Å². The van der Waals surface area contributed by atoms with Crippen LogP contribution in [0.2, 0.25) is 0 Å². The molecular weight excluding hydrogens is 390 g/mol. The van der Waals surface area contributed by atoms with E-state index in [0.29, 0.717) is 10.6 Å². The highest BCUT2D eigenvalue weighted by Crippen LogP contribution is 2.38. The van der Waals surface area contributed by atoms with Crippen LogP contribution in [0, 0.1) is 11.3 Å². The van der Waals surface area contributed by atoms with Crippen LogP contribution in [0.4, 0.5) is 5.69 Å². The second kappa shape index (κ2) is 9.08. The van der Waals surface area contributed by atoms with Crippen LogP contribution in [-0.4, -0.2) is 12.1 Å². The van der Waals surface area contributed by atoms with Crippen molar-refractivity contribution in [3.8, 4) is 33.5 Å². The predicted octanol–water partition coefficient (Wildman–Crippen LogP) is 6.46. The molecule has 0 saturated heterocycles. The van der Waals surface area contributed by atoms with Gasteiger partial charge in [0.15, 0.2) is 0 Å². The van der Waals surface area contributed by atoms with E-state index in [2.05, 4.69) is 23.5 Å². The molecule has 0 atom stereocenters. The van der Waals surface area contributed by atoms with Gasteiger partial charge in [-0.25, -0.2) is 4.98 Å². The third kappa shape index (κ3) is 4.24. The van der Waals surface area contributed by atoms with E-state index in [1.54, 1.807) is 13.3 Å². The van der Waals surface area contributed by atoms with Crippen LogP contribution in [0.3, 0.4) is 0 Å². The molecule has 30 heavy (non-hydrogen) atoms. The van der Waals surface area contributed by atoms with Crippen LogP contribution in [0.1, 0.15) is 5.01 Å². The van der Waals surface area contributed by atoms with Gasteiger partial charge >= 0.3 is 0 Å². The van der Waals surface area contributed by atoms with Gasteiger partial charge in [0, 0.05) is 17.5 Å². The number of methoxy groups -OCH3 is 1. The van der Waals surface area contributed by atoms with Gasteiger partial charge in [0.05, 0.1) is 17.7 Å². The lowest BCUT2D eigenvalue weighted by atomic mass is 10.1. The topological polar surface area (TPSA) is 57.9 Å². The third-order valence-corrected chi connectivity index (χ3v) is 5.67. The van der Waals surface area contributed by atoms with Crippen LogP contribution < -0.4 is 10.1 Å². The number of ether oxygens (including phenoxy) is 1. The van der Waals surface area contributed by atoms with Crippen LogP contribution in [-0.2, 0) is 0 Å². The molecule has 1 aromatic heterocycles. The summed E-state index contributed by atoms with van der Waals surface area (Å²) in [6.45, 7) is 0. The molecule has 4 aromatic rings. The van der Waals surface area contributed by atoms with Crippen molar-refractivity contribution in [3.63, 3.8) is 0 Å². The molecule has 0 fully saturated rings. The summed E-state index contributed by atoms with van der Waals surface area (Å²) in [6.07, 6.45) is 1.70. The molecule has 4 rings (SSSR count). The highest BCUT2D eigenvalue weighted by Gasteiger charge is 2.17. The lowest BCUT2D eigenvalue weighted by Crippen LogP contribution is -1.91. The van der Waals surface area contributed by atoms with Crippen molar-refractivity contribution in [2.45, 2.75) is 0 Å². The maximum atomic E-state index is 9.77. The molecule has 0 radical (unpaired) electrons. The van der Waals surface area contributed by atoms with Gasteiger partial charge in [-0.1, -0.05) is 60.7 Å². The Balaban J connectivity index is 1.72. The van der Waals surface area contributed by atoms with E-state index < -0.39 is 0 Å². The Labute approximate surface area is 179 Å². The van der Waals surface area contributed by atoms with Crippen LogP contribution >= 0.6 is 11.3 Å². The summed E-state index contributed by atoms with van der Waals surface area (Å²) in [7, 11) is 1.63. The maximum absolute atomic E-state index is 9.77. The van der Waals surface area contributed by atoms with Crippen molar-refractivity contribution in [2.24, 2.45) is 0 Å². The fourth-order valence-corrected chi connectivity index (χ4v) is 4.06. The minimum atomic E-state index is 0.482. The minimum absolute atomic E-state index is 0.482. The molecule has 0 aliphatic carbocycles. The van der Waals surface area contributed by atoms with Gasteiger partial charge in [-0.15, -0.1) is 11.3 Å². The first-order valence-electron chi connectivity index (χ1n) is 9.41. The molecule has 0 aliphatic heterocycles. The van der Waals surface area contributed by atoms with Crippen molar-refractivity contribution in [2.75, 3.05) is 12.4 Å². The number of hydrogen-bond acceptors (Lipinski definition) is 5. The second-order valence-corrected chi connectivity index (χ2v) is 7.47. The van der Waals surface area contributed by atoms with E-state index in [1.807, 2.05) is 72.8 Å². The number of thiazole rings is 1. The molecule has 0 bridgehead atoms. The number of nitrogens with zero attached hydrogens (tertiary/aromatic N) is 2. The van der Waals surface area contributed by atoms with Crippen molar-refractivity contribution < 1.29 is 4.74 Å². The zero-order chi connectivity index (χ0) is 20.8. The molecule has 1 heterocycles. The van der Waals surface area contributed by atoms with E-state index >= 15 is 0 Å². The Morgan fingerprint density at radius 3 is 2.17 bits per heavy atom. The minimum Gasteiger partial charge on any atom is -0.497 e. The first kappa shape index (κ1) is 19.4. The monoisotopic (exact) mass is 409 g/mol. The highest BCUT2D eigenvalue weighted by molar-refractivity contribution is 7.16. The smallest absolute Gasteiger partial charge is 0.136 e. The molecule has 0 unspecified atom stereocenters. The fourth-order valence-electron chi connectivity index (χ4n) is 3.00. The molecule has 4 nitrogen and oxygen atoms in total. The summed E-state index contributed by atoms with van der Waals surface area (Å²) in [5.41, 5.74) is 4.34. The number of hydrogen-bond donors (Lipinski definition) is 1. The maximum Gasteiger partial charge on any atom is 0.136 e. The predicted molar refractivity (Wildman–Crippen MR) is 123 cm³/mol. The van der Waals surface area contributed by atoms with Crippen LogP contribution in [0.25, 0.3) is 27.3 Å². The molecule has 3 aromatic carbocycles. The Bertz CT molecular complexity index is 1130. The standard InChI is InChI=1S/C25H19N3OS/c1-29-22-14-12-21(13-15-22)27-17-20(16-26)25-28-23(18-8-4-2-5-9-18)24(30-25)19-10-6-3-7-11-19/h2-15,17,27H,1H3/b20-17+. The molecule has 146 valence electrons. The molecule has 0 spiro atoms. The normalized spacial score (nSPS) is 11.0. The molecular formula is C25H19N3OS. The van der Waals surface area contributed by atoms with Crippen LogP contribution in [0.5, 0.6) is 5.75 Å². The van der Waals surface area contributed by atoms with Crippen molar-refractivity contribution in [1.29, 1.82) is 5.26 Å². The van der Waals surface area contributed by atoms with Gasteiger partial charge in [0.1, 0.15) is 22.4 Å². The largest absolute Gasteiger partial charge is 0.497 e. The molecule has 0 amide bonds. The summed E-state index contributed by atoms with van der Waals surface area (Å²) < 4.78 is 5.18. The van der Waals surface area contributed by atoms with E-state index in [4.69, 9.17) is 9.72 Å². The zero-order valence-corrected chi connectivity index (χ0v) is 17.2. The summed E-state index contributed by atoms with van der Waals surface area (Å²) in [5.74, 6) is 0.782. The number of rotatable bonds is 6. The van der Waals surface area contributed by atoms with Gasteiger partial charge in [-0.2, -0.15) is 5.26 Å². The van der Waals surface area contributed by atoms with Crippen LogP contribution in [0.15, 0.2) is 91.1 Å². The summed E-state index contributed by atoms with van der Waals surface area (Å²) in [5, 5.41) is 13.6. The van der Waals surface area contributed by atoms with Crippen molar-refractivity contribution >= 4 is 22.6 Å². The van der Waals surface area contributed by atoms with E-state index in [9.17, 15) is 5.26 Å². The number of benzene rings is 3. The number of allylic oxidation sites excluding steroid dienone is 1. The Kier molecular flexibility index (Phi) is 5.88. The molecule has 0 saturated carbocycles. The number of anilines is 1. The Morgan fingerprint density at radius 2 is 1.57 bits per heavy atom. The quantitative estimate of drug-likeness (QED) is 0.371. The van der Waals surface area contributed by atoms with Crippen molar-refractivity contribution in [1.82, 2.24) is 4.98 Å². The molecule has 0 aliphatic rings.